The minimum Gasteiger partial charge on any atom is -0.497 e. The van der Waals surface area contributed by atoms with Crippen molar-refractivity contribution in [2.75, 3.05) is 20.8 Å². The minimum absolute atomic E-state index is 0.270. The standard InChI is InChI=1S/C18H24O8/c1-18(7-12-14(20)15(21)13(8-19)25-12)6-9-4-10(23-2)5-11(16(9)26-18)17(22)24-3/h4-5,12-15,19-21H,6-8H2,1-3H3/t12-,13-,14+,15-,18?/m1/s1. The highest BCUT2D eigenvalue weighted by atomic mass is 16.6. The molecule has 8 nitrogen and oxygen atoms in total. The molecule has 0 aromatic heterocycles. The number of carbonyl (C=O) groups excluding carboxylic acids is 1. The van der Waals surface area contributed by atoms with Crippen LogP contribution in [-0.4, -0.2) is 72.1 Å². The summed E-state index contributed by atoms with van der Waals surface area (Å²) < 4.78 is 21.7. The number of carbonyl (C=O) groups is 1. The molecule has 3 rings (SSSR count). The number of hydrogen-bond acceptors (Lipinski definition) is 8. The number of benzene rings is 1. The zero-order valence-corrected chi connectivity index (χ0v) is 15.0. The smallest absolute Gasteiger partial charge is 0.341 e. The molecule has 5 atom stereocenters. The molecule has 26 heavy (non-hydrogen) atoms. The maximum atomic E-state index is 12.1. The number of fused-ring (bicyclic) bond motifs is 1. The largest absolute Gasteiger partial charge is 0.497 e. The van der Waals surface area contributed by atoms with Gasteiger partial charge in [0.15, 0.2) is 0 Å². The van der Waals surface area contributed by atoms with Crippen molar-refractivity contribution >= 4 is 5.97 Å². The Kier molecular flexibility index (Phi) is 5.12. The summed E-state index contributed by atoms with van der Waals surface area (Å²) in [7, 11) is 2.80. The van der Waals surface area contributed by atoms with Gasteiger partial charge in [0.05, 0.1) is 26.9 Å². The van der Waals surface area contributed by atoms with Crippen molar-refractivity contribution in [1.82, 2.24) is 0 Å². The van der Waals surface area contributed by atoms with E-state index in [1.807, 2.05) is 6.92 Å². The second kappa shape index (κ2) is 7.03. The molecule has 1 fully saturated rings. The molecule has 0 saturated carbocycles. The first-order chi connectivity index (χ1) is 12.3. The van der Waals surface area contributed by atoms with Crippen molar-refractivity contribution in [3.05, 3.63) is 23.3 Å². The van der Waals surface area contributed by atoms with Crippen molar-refractivity contribution < 1.29 is 39.1 Å². The van der Waals surface area contributed by atoms with Crippen LogP contribution in [0.3, 0.4) is 0 Å². The quantitative estimate of drug-likeness (QED) is 0.625. The highest BCUT2D eigenvalue weighted by molar-refractivity contribution is 5.94. The van der Waals surface area contributed by atoms with Gasteiger partial charge in [0, 0.05) is 18.4 Å². The summed E-state index contributed by atoms with van der Waals surface area (Å²) in [5, 5.41) is 29.3. The first-order valence-corrected chi connectivity index (χ1v) is 8.42. The van der Waals surface area contributed by atoms with Crippen molar-refractivity contribution in [2.24, 2.45) is 0 Å². The molecule has 0 spiro atoms. The molecule has 1 aromatic rings. The van der Waals surface area contributed by atoms with Gasteiger partial charge in [-0.1, -0.05) is 0 Å². The third-order valence-electron chi connectivity index (χ3n) is 4.97. The van der Waals surface area contributed by atoms with E-state index in [-0.39, 0.29) is 18.6 Å². The fraction of sp³-hybridized carbons (Fsp3) is 0.611. The van der Waals surface area contributed by atoms with Gasteiger partial charge >= 0.3 is 5.97 Å². The van der Waals surface area contributed by atoms with E-state index in [2.05, 4.69) is 0 Å². The summed E-state index contributed by atoms with van der Waals surface area (Å²) in [5.74, 6) is 0.411. The van der Waals surface area contributed by atoms with Gasteiger partial charge in [0.2, 0.25) is 0 Å². The van der Waals surface area contributed by atoms with Crippen LogP contribution < -0.4 is 9.47 Å². The van der Waals surface area contributed by atoms with Gasteiger partial charge < -0.3 is 34.3 Å². The lowest BCUT2D eigenvalue weighted by atomic mass is 9.90. The van der Waals surface area contributed by atoms with Crippen LogP contribution in [-0.2, 0) is 15.9 Å². The third kappa shape index (κ3) is 3.25. The lowest BCUT2D eigenvalue weighted by Crippen LogP contribution is -2.40. The molecular weight excluding hydrogens is 344 g/mol. The van der Waals surface area contributed by atoms with Crippen LogP contribution in [0.5, 0.6) is 11.5 Å². The molecule has 2 aliphatic heterocycles. The summed E-state index contributed by atoms with van der Waals surface area (Å²) in [6.45, 7) is 1.46. The van der Waals surface area contributed by atoms with Crippen molar-refractivity contribution in [2.45, 2.75) is 49.8 Å². The summed E-state index contributed by atoms with van der Waals surface area (Å²) >= 11 is 0. The van der Waals surface area contributed by atoms with Crippen LogP contribution in [0.4, 0.5) is 0 Å². The van der Waals surface area contributed by atoms with Gasteiger partial charge in [0.25, 0.3) is 0 Å². The van der Waals surface area contributed by atoms with E-state index in [0.717, 1.165) is 5.56 Å². The average Bonchev–Trinajstić information content (AvgIpc) is 3.10. The average molecular weight is 368 g/mol. The maximum absolute atomic E-state index is 12.1. The van der Waals surface area contributed by atoms with Gasteiger partial charge in [-0.25, -0.2) is 4.79 Å². The monoisotopic (exact) mass is 368 g/mol. The maximum Gasteiger partial charge on any atom is 0.341 e. The minimum atomic E-state index is -1.15. The molecule has 144 valence electrons. The number of aliphatic hydroxyl groups is 3. The predicted molar refractivity (Wildman–Crippen MR) is 89.4 cm³/mol. The number of methoxy groups -OCH3 is 2. The Morgan fingerprint density at radius 2 is 1.96 bits per heavy atom. The first-order valence-electron chi connectivity index (χ1n) is 8.42. The van der Waals surface area contributed by atoms with Gasteiger partial charge in [-0.15, -0.1) is 0 Å². The number of rotatable bonds is 5. The Morgan fingerprint density at radius 3 is 2.54 bits per heavy atom. The zero-order chi connectivity index (χ0) is 19.1. The number of ether oxygens (including phenoxy) is 4. The van der Waals surface area contributed by atoms with Crippen molar-refractivity contribution in [1.29, 1.82) is 0 Å². The lowest BCUT2D eigenvalue weighted by Gasteiger charge is -2.28. The second-order valence-electron chi connectivity index (χ2n) is 6.96. The highest BCUT2D eigenvalue weighted by Gasteiger charge is 2.48. The summed E-state index contributed by atoms with van der Waals surface area (Å²) in [5.41, 5.74) is 0.304. The van der Waals surface area contributed by atoms with Crippen LogP contribution in [0.1, 0.15) is 29.3 Å². The normalized spacial score (nSPS) is 32.8. The molecule has 1 unspecified atom stereocenters. The predicted octanol–water partition coefficient (Wildman–Crippen LogP) is 0.0470. The van der Waals surface area contributed by atoms with Crippen LogP contribution >= 0.6 is 0 Å². The number of esters is 1. The van der Waals surface area contributed by atoms with E-state index in [1.54, 1.807) is 12.1 Å². The van der Waals surface area contributed by atoms with Crippen LogP contribution in [0.15, 0.2) is 12.1 Å². The summed E-state index contributed by atoms with van der Waals surface area (Å²) in [6, 6.07) is 3.35. The van der Waals surface area contributed by atoms with E-state index in [1.165, 1.54) is 14.2 Å². The highest BCUT2D eigenvalue weighted by Crippen LogP contribution is 2.43. The van der Waals surface area contributed by atoms with Crippen molar-refractivity contribution in [3.8, 4) is 11.5 Å². The molecule has 0 aliphatic carbocycles. The van der Waals surface area contributed by atoms with E-state index >= 15 is 0 Å². The van der Waals surface area contributed by atoms with Crippen LogP contribution in [0.2, 0.25) is 0 Å². The molecule has 8 heteroatoms. The van der Waals surface area contributed by atoms with Gasteiger partial charge in [-0.2, -0.15) is 0 Å². The molecule has 0 amide bonds. The fourth-order valence-corrected chi connectivity index (χ4v) is 3.66. The SMILES string of the molecule is COC(=O)c1cc(OC)cc2c1OC(C)(C[C@H]1O[C@H](CO)[C@@H](O)[C@H]1O)C2. The Morgan fingerprint density at radius 1 is 1.27 bits per heavy atom. The summed E-state index contributed by atoms with van der Waals surface area (Å²) in [4.78, 5) is 12.1. The Bertz CT molecular complexity index is 690. The van der Waals surface area contributed by atoms with Crippen LogP contribution in [0, 0.1) is 0 Å². The first kappa shape index (κ1) is 18.9. The number of aliphatic hydroxyl groups excluding tert-OH is 3. The topological polar surface area (TPSA) is 115 Å². The molecule has 1 aromatic carbocycles. The van der Waals surface area contributed by atoms with E-state index in [4.69, 9.17) is 18.9 Å². The van der Waals surface area contributed by atoms with E-state index in [0.29, 0.717) is 17.9 Å². The van der Waals surface area contributed by atoms with Gasteiger partial charge in [-0.05, 0) is 19.1 Å². The van der Waals surface area contributed by atoms with E-state index in [9.17, 15) is 20.1 Å². The Hall–Kier alpha value is -1.87. The molecule has 0 radical (unpaired) electrons. The molecule has 0 bridgehead atoms. The molecule has 2 aliphatic rings. The lowest BCUT2D eigenvalue weighted by molar-refractivity contribution is -0.0488. The van der Waals surface area contributed by atoms with Gasteiger partial charge in [-0.3, -0.25) is 0 Å². The molecule has 2 heterocycles. The summed E-state index contributed by atoms with van der Waals surface area (Å²) in [6.07, 6.45) is -3.04. The molecule has 1 saturated heterocycles. The molecular formula is C18H24O8. The van der Waals surface area contributed by atoms with Gasteiger partial charge in [0.1, 0.15) is 41.0 Å². The fourth-order valence-electron chi connectivity index (χ4n) is 3.66. The number of hydrogen-bond donors (Lipinski definition) is 3. The third-order valence-corrected chi connectivity index (χ3v) is 4.97. The Balaban J connectivity index is 1.84. The van der Waals surface area contributed by atoms with Crippen molar-refractivity contribution in [3.63, 3.8) is 0 Å². The van der Waals surface area contributed by atoms with E-state index < -0.39 is 36.0 Å². The Labute approximate surface area is 151 Å². The zero-order valence-electron chi connectivity index (χ0n) is 15.0. The van der Waals surface area contributed by atoms with Crippen LogP contribution in [0.25, 0.3) is 0 Å². The second-order valence-corrected chi connectivity index (χ2v) is 6.96. The molecule has 3 N–H and O–H groups in total.